The molecule has 0 saturated carbocycles. The Morgan fingerprint density at radius 2 is 2.29 bits per heavy atom. The van der Waals surface area contributed by atoms with E-state index in [1.54, 1.807) is 0 Å². The van der Waals surface area contributed by atoms with Gasteiger partial charge in [0.25, 0.3) is 5.91 Å². The summed E-state index contributed by atoms with van der Waals surface area (Å²) in [6.45, 7) is 2.87. The zero-order valence-electron chi connectivity index (χ0n) is 8.22. The van der Waals surface area contributed by atoms with Gasteiger partial charge in [-0.15, -0.1) is 0 Å². The van der Waals surface area contributed by atoms with Crippen LogP contribution < -0.4 is 5.32 Å². The van der Waals surface area contributed by atoms with Gasteiger partial charge in [0.05, 0.1) is 0 Å². The molecule has 0 aliphatic carbocycles. The molecule has 76 valence electrons. The predicted octanol–water partition coefficient (Wildman–Crippen LogP) is 2.82. The second kappa shape index (κ2) is 6.01. The molecule has 0 aliphatic rings. The molecule has 1 aromatic carbocycles. The van der Waals surface area contributed by atoms with E-state index in [4.69, 9.17) is 0 Å². The highest BCUT2D eigenvalue weighted by Gasteiger charge is 2.03. The van der Waals surface area contributed by atoms with Crippen LogP contribution in [0.4, 0.5) is 0 Å². The summed E-state index contributed by atoms with van der Waals surface area (Å²) in [4.78, 5) is 11.6. The molecule has 2 nitrogen and oxygen atoms in total. The Kier molecular flexibility index (Phi) is 4.93. The highest BCUT2D eigenvalue weighted by molar-refractivity contribution is 14.1. The fourth-order valence-electron chi connectivity index (χ4n) is 1.11. The van der Waals surface area contributed by atoms with Crippen molar-refractivity contribution in [1.82, 2.24) is 5.32 Å². The third kappa shape index (κ3) is 3.65. The number of hydrogen-bond acceptors (Lipinski definition) is 1. The number of nitrogens with one attached hydrogen (secondary N) is 1. The first-order valence-electron chi connectivity index (χ1n) is 4.78. The standard InChI is InChI=1S/C11H14INO/c1-2-3-7-13-11(14)9-5-4-6-10(12)8-9/h4-6,8H,2-3,7H2,1H3,(H,13,14)/i12-2. The summed E-state index contributed by atoms with van der Waals surface area (Å²) < 4.78 is 1.09. The first-order chi connectivity index (χ1) is 6.74. The minimum atomic E-state index is 0.0250. The summed E-state index contributed by atoms with van der Waals surface area (Å²) in [6, 6.07) is 7.60. The Balaban J connectivity index is 2.52. The van der Waals surface area contributed by atoms with E-state index in [1.807, 2.05) is 24.3 Å². The first kappa shape index (κ1) is 11.5. The summed E-state index contributed by atoms with van der Waals surface area (Å²) in [7, 11) is 0. The lowest BCUT2D eigenvalue weighted by Gasteiger charge is -2.04. The van der Waals surface area contributed by atoms with Gasteiger partial charge in [0, 0.05) is 15.7 Å². The molecule has 0 unspecified atom stereocenters. The van der Waals surface area contributed by atoms with Gasteiger partial charge in [0.2, 0.25) is 0 Å². The number of hydrogen-bond donors (Lipinski definition) is 1. The van der Waals surface area contributed by atoms with E-state index in [9.17, 15) is 4.79 Å². The smallest absolute Gasteiger partial charge is 0.251 e. The van der Waals surface area contributed by atoms with Gasteiger partial charge in [-0.25, -0.2) is 0 Å². The number of unbranched alkanes of at least 4 members (excludes halogenated alkanes) is 1. The molecular weight excluding hydrogens is 287 g/mol. The topological polar surface area (TPSA) is 29.1 Å². The number of carbonyl (C=O) groups is 1. The average Bonchev–Trinajstić information content (AvgIpc) is 2.18. The Morgan fingerprint density at radius 3 is 2.93 bits per heavy atom. The van der Waals surface area contributed by atoms with Crippen molar-refractivity contribution in [3.8, 4) is 0 Å². The molecule has 1 N–H and O–H groups in total. The van der Waals surface area contributed by atoms with Crippen molar-refractivity contribution in [3.63, 3.8) is 0 Å². The molecule has 3 heteroatoms. The Morgan fingerprint density at radius 1 is 1.50 bits per heavy atom. The SMILES string of the molecule is CCCCNC(=O)c1cccc([125I])c1. The van der Waals surface area contributed by atoms with Crippen molar-refractivity contribution in [2.45, 2.75) is 19.8 Å². The summed E-state index contributed by atoms with van der Waals surface area (Å²) in [6.07, 6.45) is 2.14. The predicted molar refractivity (Wildman–Crippen MR) is 66.4 cm³/mol. The monoisotopic (exact) mass is 301 g/mol. The fourth-order valence-corrected chi connectivity index (χ4v) is 1.65. The number of benzene rings is 1. The van der Waals surface area contributed by atoms with Gasteiger partial charge in [-0.3, -0.25) is 4.79 Å². The second-order valence-corrected chi connectivity index (χ2v) is 4.37. The maximum absolute atomic E-state index is 11.6. The Bertz CT molecular complexity index is 312. The summed E-state index contributed by atoms with van der Waals surface area (Å²) >= 11 is 2.20. The maximum Gasteiger partial charge on any atom is 0.251 e. The first-order valence-corrected chi connectivity index (χ1v) is 5.85. The van der Waals surface area contributed by atoms with Crippen LogP contribution in [0.3, 0.4) is 0 Å². The van der Waals surface area contributed by atoms with Crippen LogP contribution >= 0.6 is 22.6 Å². The minimum Gasteiger partial charge on any atom is -0.352 e. The molecule has 1 amide bonds. The van der Waals surface area contributed by atoms with Gasteiger partial charge in [0.15, 0.2) is 0 Å². The van der Waals surface area contributed by atoms with Crippen molar-refractivity contribution in [1.29, 1.82) is 0 Å². The summed E-state index contributed by atoms with van der Waals surface area (Å²) in [5.41, 5.74) is 0.744. The van der Waals surface area contributed by atoms with Crippen LogP contribution in [0, 0.1) is 3.57 Å². The molecule has 0 spiro atoms. The lowest BCUT2D eigenvalue weighted by atomic mass is 10.2. The van der Waals surface area contributed by atoms with E-state index >= 15 is 0 Å². The van der Waals surface area contributed by atoms with Crippen molar-refractivity contribution in [2.24, 2.45) is 0 Å². The quantitative estimate of drug-likeness (QED) is 0.672. The van der Waals surface area contributed by atoms with Gasteiger partial charge in [-0.1, -0.05) is 19.4 Å². The van der Waals surface area contributed by atoms with Crippen LogP contribution in [0.2, 0.25) is 0 Å². The van der Waals surface area contributed by atoms with Crippen molar-refractivity contribution in [3.05, 3.63) is 33.4 Å². The molecule has 0 aromatic heterocycles. The number of rotatable bonds is 4. The largest absolute Gasteiger partial charge is 0.352 e. The van der Waals surface area contributed by atoms with E-state index in [0.717, 1.165) is 28.5 Å². The molecule has 1 rings (SSSR count). The Labute approximate surface area is 98.2 Å². The van der Waals surface area contributed by atoms with Crippen LogP contribution in [0.1, 0.15) is 30.1 Å². The minimum absolute atomic E-state index is 0.0250. The zero-order chi connectivity index (χ0) is 10.4. The lowest BCUT2D eigenvalue weighted by molar-refractivity contribution is 0.0953. The molecule has 0 bridgehead atoms. The zero-order valence-corrected chi connectivity index (χ0v) is 10.4. The van der Waals surface area contributed by atoms with E-state index in [-0.39, 0.29) is 5.91 Å². The molecule has 0 atom stereocenters. The average molecular weight is 301 g/mol. The Hall–Kier alpha value is -0.580. The second-order valence-electron chi connectivity index (χ2n) is 3.12. The van der Waals surface area contributed by atoms with Crippen molar-refractivity contribution < 1.29 is 4.79 Å². The van der Waals surface area contributed by atoms with Crippen LogP contribution in [0.25, 0.3) is 0 Å². The van der Waals surface area contributed by atoms with Crippen LogP contribution in [0.5, 0.6) is 0 Å². The van der Waals surface area contributed by atoms with Gasteiger partial charge < -0.3 is 5.32 Å². The van der Waals surface area contributed by atoms with Gasteiger partial charge in [-0.05, 0) is 47.2 Å². The molecule has 0 saturated heterocycles. The van der Waals surface area contributed by atoms with E-state index < -0.39 is 0 Å². The van der Waals surface area contributed by atoms with Crippen LogP contribution in [0.15, 0.2) is 24.3 Å². The van der Waals surface area contributed by atoms with Crippen LogP contribution in [-0.2, 0) is 0 Å². The molecular formula is C11H14INO. The molecule has 0 radical (unpaired) electrons. The molecule has 14 heavy (non-hydrogen) atoms. The highest BCUT2D eigenvalue weighted by Crippen LogP contribution is 2.07. The van der Waals surface area contributed by atoms with E-state index in [1.165, 1.54) is 0 Å². The third-order valence-corrected chi connectivity index (χ3v) is 2.57. The fraction of sp³-hybridized carbons (Fsp3) is 0.364. The van der Waals surface area contributed by atoms with Crippen LogP contribution in [-0.4, -0.2) is 12.5 Å². The molecule has 0 heterocycles. The van der Waals surface area contributed by atoms with Crippen molar-refractivity contribution in [2.75, 3.05) is 6.54 Å². The number of halogens is 1. The maximum atomic E-state index is 11.6. The van der Waals surface area contributed by atoms with Gasteiger partial charge in [0.1, 0.15) is 0 Å². The van der Waals surface area contributed by atoms with Gasteiger partial charge >= 0.3 is 0 Å². The highest BCUT2D eigenvalue weighted by atomic mass is 125. The van der Waals surface area contributed by atoms with Gasteiger partial charge in [-0.2, -0.15) is 0 Å². The summed E-state index contributed by atoms with van der Waals surface area (Å²) in [5, 5.41) is 2.88. The summed E-state index contributed by atoms with van der Waals surface area (Å²) in [5.74, 6) is 0.0250. The van der Waals surface area contributed by atoms with E-state index in [2.05, 4.69) is 34.8 Å². The molecule has 0 aliphatic heterocycles. The molecule has 1 aromatic rings. The normalized spacial score (nSPS) is 9.86. The third-order valence-electron chi connectivity index (χ3n) is 1.90. The number of carbonyl (C=O) groups excluding carboxylic acids is 1. The lowest BCUT2D eigenvalue weighted by Crippen LogP contribution is -2.24. The van der Waals surface area contributed by atoms with Crippen molar-refractivity contribution >= 4 is 28.5 Å². The van der Waals surface area contributed by atoms with E-state index in [0.29, 0.717) is 0 Å². The molecule has 0 fully saturated rings. The number of amides is 1.